The number of carbonyl (C=O) groups excluding carboxylic acids is 1. The standard InChI is InChI=1S/C15H20INO4/c1-15(2,10-16)14(17-21-9-13(18)20-4)11-5-7-12(19-3)8-6-11/h5-8H,9-10H2,1-4H3. The fourth-order valence-electron chi connectivity index (χ4n) is 1.59. The van der Waals surface area contributed by atoms with Gasteiger partial charge in [-0.25, -0.2) is 4.79 Å². The maximum Gasteiger partial charge on any atom is 0.346 e. The Labute approximate surface area is 138 Å². The highest BCUT2D eigenvalue weighted by atomic mass is 127. The fourth-order valence-corrected chi connectivity index (χ4v) is 1.95. The molecular formula is C15H20INO4. The second-order valence-corrected chi connectivity index (χ2v) is 5.80. The van der Waals surface area contributed by atoms with Crippen LogP contribution in [0.3, 0.4) is 0 Å². The molecule has 0 aromatic heterocycles. The Morgan fingerprint density at radius 2 is 1.86 bits per heavy atom. The van der Waals surface area contributed by atoms with Crippen LogP contribution in [0.25, 0.3) is 0 Å². The quantitative estimate of drug-likeness (QED) is 0.230. The zero-order chi connectivity index (χ0) is 15.9. The molecule has 116 valence electrons. The van der Waals surface area contributed by atoms with E-state index < -0.39 is 5.97 Å². The van der Waals surface area contributed by atoms with E-state index in [9.17, 15) is 4.79 Å². The Balaban J connectivity index is 3.01. The minimum atomic E-state index is -0.458. The van der Waals surface area contributed by atoms with Crippen LogP contribution in [0.1, 0.15) is 19.4 Å². The van der Waals surface area contributed by atoms with Crippen LogP contribution in [0.15, 0.2) is 29.4 Å². The highest BCUT2D eigenvalue weighted by molar-refractivity contribution is 14.1. The molecule has 0 fully saturated rings. The average Bonchev–Trinajstić information content (AvgIpc) is 2.51. The number of methoxy groups -OCH3 is 2. The molecule has 1 aromatic carbocycles. The maximum atomic E-state index is 11.1. The summed E-state index contributed by atoms with van der Waals surface area (Å²) in [4.78, 5) is 16.2. The van der Waals surface area contributed by atoms with E-state index in [-0.39, 0.29) is 12.0 Å². The fraction of sp³-hybridized carbons (Fsp3) is 0.467. The van der Waals surface area contributed by atoms with Crippen molar-refractivity contribution in [1.82, 2.24) is 0 Å². The summed E-state index contributed by atoms with van der Waals surface area (Å²) in [5.41, 5.74) is 1.52. The number of oxime groups is 1. The zero-order valence-electron chi connectivity index (χ0n) is 12.7. The van der Waals surface area contributed by atoms with E-state index in [1.165, 1.54) is 7.11 Å². The largest absolute Gasteiger partial charge is 0.497 e. The van der Waals surface area contributed by atoms with Gasteiger partial charge in [-0.1, -0.05) is 41.6 Å². The van der Waals surface area contributed by atoms with Crippen LogP contribution in [0.2, 0.25) is 0 Å². The molecule has 0 atom stereocenters. The highest BCUT2D eigenvalue weighted by Crippen LogP contribution is 2.26. The van der Waals surface area contributed by atoms with Crippen molar-refractivity contribution < 1.29 is 19.1 Å². The third kappa shape index (κ3) is 5.18. The van der Waals surface area contributed by atoms with Crippen LogP contribution in [0.4, 0.5) is 0 Å². The molecule has 0 aliphatic rings. The van der Waals surface area contributed by atoms with E-state index >= 15 is 0 Å². The average molecular weight is 405 g/mol. The van der Waals surface area contributed by atoms with E-state index in [2.05, 4.69) is 46.3 Å². The van der Waals surface area contributed by atoms with Crippen molar-refractivity contribution in [3.8, 4) is 5.75 Å². The third-order valence-electron chi connectivity index (χ3n) is 2.90. The molecule has 0 amide bonds. The van der Waals surface area contributed by atoms with Gasteiger partial charge in [0.2, 0.25) is 6.61 Å². The second kappa shape index (κ2) is 8.21. The van der Waals surface area contributed by atoms with E-state index in [4.69, 9.17) is 9.57 Å². The van der Waals surface area contributed by atoms with Crippen LogP contribution in [0, 0.1) is 5.41 Å². The smallest absolute Gasteiger partial charge is 0.346 e. The van der Waals surface area contributed by atoms with Gasteiger partial charge < -0.3 is 14.3 Å². The lowest BCUT2D eigenvalue weighted by atomic mass is 9.85. The van der Waals surface area contributed by atoms with Crippen molar-refractivity contribution in [3.63, 3.8) is 0 Å². The normalized spacial score (nSPS) is 12.0. The Morgan fingerprint density at radius 1 is 1.24 bits per heavy atom. The Bertz CT molecular complexity index is 497. The first kappa shape index (κ1) is 17.7. The molecule has 6 heteroatoms. The summed E-state index contributed by atoms with van der Waals surface area (Å²) in [6.07, 6.45) is 0. The lowest BCUT2D eigenvalue weighted by Crippen LogP contribution is -2.27. The predicted octanol–water partition coefficient (Wildman–Crippen LogP) is 3.05. The number of halogens is 1. The molecule has 0 spiro atoms. The van der Waals surface area contributed by atoms with Gasteiger partial charge in [0.25, 0.3) is 0 Å². The number of nitrogens with zero attached hydrogens (tertiary/aromatic N) is 1. The van der Waals surface area contributed by atoms with Gasteiger partial charge in [-0.3, -0.25) is 0 Å². The van der Waals surface area contributed by atoms with Gasteiger partial charge in [0.15, 0.2) is 0 Å². The summed E-state index contributed by atoms with van der Waals surface area (Å²) in [6.45, 7) is 3.95. The number of ether oxygens (including phenoxy) is 2. The van der Waals surface area contributed by atoms with E-state index in [1.54, 1.807) is 7.11 Å². The van der Waals surface area contributed by atoms with Crippen LogP contribution in [-0.4, -0.2) is 36.9 Å². The first-order chi connectivity index (χ1) is 9.94. The number of hydrogen-bond acceptors (Lipinski definition) is 5. The first-order valence-corrected chi connectivity index (χ1v) is 7.95. The number of hydrogen-bond donors (Lipinski definition) is 0. The van der Waals surface area contributed by atoms with Gasteiger partial charge in [0, 0.05) is 15.4 Å². The lowest BCUT2D eigenvalue weighted by molar-refractivity contribution is -0.145. The van der Waals surface area contributed by atoms with Crippen molar-refractivity contribution in [2.24, 2.45) is 10.6 Å². The summed E-state index contributed by atoms with van der Waals surface area (Å²) >= 11 is 2.31. The van der Waals surface area contributed by atoms with Crippen molar-refractivity contribution in [3.05, 3.63) is 29.8 Å². The first-order valence-electron chi connectivity index (χ1n) is 6.42. The molecule has 0 bridgehead atoms. The van der Waals surface area contributed by atoms with E-state index in [1.807, 2.05) is 24.3 Å². The van der Waals surface area contributed by atoms with Gasteiger partial charge in [0.1, 0.15) is 5.75 Å². The maximum absolute atomic E-state index is 11.1. The lowest BCUT2D eigenvalue weighted by Gasteiger charge is -2.24. The van der Waals surface area contributed by atoms with Gasteiger partial charge in [0.05, 0.1) is 19.9 Å². The predicted molar refractivity (Wildman–Crippen MR) is 90.2 cm³/mol. The summed E-state index contributed by atoms with van der Waals surface area (Å²) in [5, 5.41) is 4.15. The number of carbonyl (C=O) groups is 1. The Hall–Kier alpha value is -1.31. The van der Waals surface area contributed by atoms with Crippen molar-refractivity contribution in [2.45, 2.75) is 13.8 Å². The summed E-state index contributed by atoms with van der Waals surface area (Å²) < 4.78 is 10.5. The number of esters is 1. The molecule has 21 heavy (non-hydrogen) atoms. The van der Waals surface area contributed by atoms with Crippen molar-refractivity contribution in [2.75, 3.05) is 25.3 Å². The molecule has 0 N–H and O–H groups in total. The van der Waals surface area contributed by atoms with Gasteiger partial charge in [-0.05, 0) is 24.3 Å². The molecule has 0 unspecified atom stereocenters. The minimum Gasteiger partial charge on any atom is -0.497 e. The zero-order valence-corrected chi connectivity index (χ0v) is 14.8. The van der Waals surface area contributed by atoms with E-state index in [0.29, 0.717) is 0 Å². The summed E-state index contributed by atoms with van der Waals surface area (Å²) in [5.74, 6) is 0.320. The minimum absolute atomic E-state index is 0.189. The molecule has 1 aromatic rings. The SMILES string of the molecule is COC(=O)CON=C(c1ccc(OC)cc1)C(C)(C)CI. The Morgan fingerprint density at radius 3 is 2.33 bits per heavy atom. The molecule has 0 saturated heterocycles. The molecule has 0 saturated carbocycles. The molecule has 0 heterocycles. The monoisotopic (exact) mass is 405 g/mol. The van der Waals surface area contributed by atoms with Crippen LogP contribution >= 0.6 is 22.6 Å². The number of benzene rings is 1. The second-order valence-electron chi connectivity index (χ2n) is 5.04. The van der Waals surface area contributed by atoms with E-state index in [0.717, 1.165) is 21.5 Å². The molecular weight excluding hydrogens is 385 g/mol. The van der Waals surface area contributed by atoms with Crippen LogP contribution < -0.4 is 4.74 Å². The topological polar surface area (TPSA) is 57.1 Å². The number of rotatable bonds is 7. The summed E-state index contributed by atoms with van der Waals surface area (Å²) in [6, 6.07) is 7.59. The van der Waals surface area contributed by atoms with Crippen molar-refractivity contribution in [1.29, 1.82) is 0 Å². The van der Waals surface area contributed by atoms with Crippen LogP contribution in [-0.2, 0) is 14.4 Å². The van der Waals surface area contributed by atoms with Gasteiger partial charge in [-0.2, -0.15) is 0 Å². The van der Waals surface area contributed by atoms with Crippen molar-refractivity contribution >= 4 is 34.3 Å². The Kier molecular flexibility index (Phi) is 6.94. The van der Waals surface area contributed by atoms with Gasteiger partial charge in [-0.15, -0.1) is 0 Å². The molecule has 0 aliphatic heterocycles. The van der Waals surface area contributed by atoms with Crippen LogP contribution in [0.5, 0.6) is 5.75 Å². The molecule has 0 radical (unpaired) electrons. The third-order valence-corrected chi connectivity index (χ3v) is 4.81. The van der Waals surface area contributed by atoms with Gasteiger partial charge >= 0.3 is 5.97 Å². The molecule has 5 nitrogen and oxygen atoms in total. The highest BCUT2D eigenvalue weighted by Gasteiger charge is 2.26. The summed E-state index contributed by atoms with van der Waals surface area (Å²) in [7, 11) is 2.94. The molecule has 1 rings (SSSR count). The number of alkyl halides is 1. The molecule has 0 aliphatic carbocycles.